The zero-order valence-electron chi connectivity index (χ0n) is 8.19. The minimum Gasteiger partial charge on any atom is -0.439 e. The van der Waals surface area contributed by atoms with E-state index in [9.17, 15) is 0 Å². The van der Waals surface area contributed by atoms with E-state index in [1.54, 1.807) is 24.3 Å². The highest BCUT2D eigenvalue weighted by Gasteiger charge is 2.03. The molecule has 0 saturated heterocycles. The number of nitrogens with two attached hydrogens (primary N) is 1. The summed E-state index contributed by atoms with van der Waals surface area (Å²) in [5.74, 6) is 0.324. The zero-order chi connectivity index (χ0) is 11.3. The van der Waals surface area contributed by atoms with Gasteiger partial charge in [0.2, 0.25) is 5.88 Å². The van der Waals surface area contributed by atoms with Gasteiger partial charge < -0.3 is 10.5 Å². The molecule has 0 amide bonds. The van der Waals surface area contributed by atoms with Gasteiger partial charge >= 0.3 is 0 Å². The fourth-order valence-corrected chi connectivity index (χ4v) is 0.920. The van der Waals surface area contributed by atoms with Crippen molar-refractivity contribution in [2.24, 2.45) is 5.73 Å². The highest BCUT2D eigenvalue weighted by Crippen LogP contribution is 2.14. The van der Waals surface area contributed by atoms with Gasteiger partial charge in [-0.15, -0.1) is 0 Å². The third-order valence-electron chi connectivity index (χ3n) is 1.72. The number of nitriles is 2. The number of aryl methyl sites for hydroxylation is 1. The van der Waals surface area contributed by atoms with E-state index in [1.807, 2.05) is 19.1 Å². The molecular formula is C11H9N3O. The summed E-state index contributed by atoms with van der Waals surface area (Å²) in [6.45, 7) is 1.94. The maximum atomic E-state index is 8.53. The number of hydrogen-bond donors (Lipinski definition) is 1. The summed E-state index contributed by atoms with van der Waals surface area (Å²) in [5, 5.41) is 17.1. The molecule has 0 radical (unpaired) electrons. The number of nitrogens with zero attached hydrogens (tertiary/aromatic N) is 2. The van der Waals surface area contributed by atoms with Crippen LogP contribution in [0.1, 0.15) is 5.56 Å². The van der Waals surface area contributed by atoms with Crippen LogP contribution in [-0.4, -0.2) is 0 Å². The molecule has 1 aromatic rings. The Morgan fingerprint density at radius 1 is 1.20 bits per heavy atom. The van der Waals surface area contributed by atoms with Crippen molar-refractivity contribution in [2.45, 2.75) is 6.92 Å². The molecule has 0 spiro atoms. The lowest BCUT2D eigenvalue weighted by atomic mass is 10.2. The normalized spacial score (nSPS) is 8.47. The lowest BCUT2D eigenvalue weighted by molar-refractivity contribution is 0.417. The van der Waals surface area contributed by atoms with Crippen LogP contribution in [0, 0.1) is 29.6 Å². The summed E-state index contributed by atoms with van der Waals surface area (Å²) in [6.07, 6.45) is 0. The molecule has 2 N–H and O–H groups in total. The molecule has 4 heteroatoms. The molecule has 1 aromatic carbocycles. The van der Waals surface area contributed by atoms with Crippen LogP contribution >= 0.6 is 0 Å². The van der Waals surface area contributed by atoms with Gasteiger partial charge in [0, 0.05) is 0 Å². The number of benzene rings is 1. The summed E-state index contributed by atoms with van der Waals surface area (Å²) < 4.78 is 5.13. The summed E-state index contributed by atoms with van der Waals surface area (Å²) >= 11 is 0. The molecule has 15 heavy (non-hydrogen) atoms. The van der Waals surface area contributed by atoms with Gasteiger partial charge in [-0.05, 0) is 19.1 Å². The first-order valence-corrected chi connectivity index (χ1v) is 4.22. The van der Waals surface area contributed by atoms with Gasteiger partial charge in [0.25, 0.3) is 0 Å². The van der Waals surface area contributed by atoms with Gasteiger partial charge in [-0.2, -0.15) is 10.5 Å². The van der Waals surface area contributed by atoms with Crippen molar-refractivity contribution >= 4 is 0 Å². The molecule has 0 atom stereocenters. The van der Waals surface area contributed by atoms with Crippen LogP contribution in [0.15, 0.2) is 35.7 Å². The van der Waals surface area contributed by atoms with Crippen LogP contribution in [0.25, 0.3) is 0 Å². The standard InChI is InChI=1S/C11H9N3O/c1-8-2-4-10(5-3-8)15-11(14)9(6-12)7-13/h2-5H,14H2,1H3. The van der Waals surface area contributed by atoms with Crippen LogP contribution in [0.3, 0.4) is 0 Å². The van der Waals surface area contributed by atoms with Crippen LogP contribution in [0.5, 0.6) is 5.75 Å². The molecule has 0 aliphatic heterocycles. The Morgan fingerprint density at radius 3 is 2.20 bits per heavy atom. The molecular weight excluding hydrogens is 190 g/mol. The average Bonchev–Trinajstić information content (AvgIpc) is 2.23. The SMILES string of the molecule is Cc1ccc(OC(N)=C(C#N)C#N)cc1. The second kappa shape index (κ2) is 4.69. The van der Waals surface area contributed by atoms with Crippen molar-refractivity contribution in [3.05, 3.63) is 41.3 Å². The molecule has 0 aliphatic carbocycles. The van der Waals surface area contributed by atoms with E-state index in [0.717, 1.165) is 5.56 Å². The van der Waals surface area contributed by atoms with E-state index in [-0.39, 0.29) is 11.5 Å². The number of hydrogen-bond acceptors (Lipinski definition) is 4. The van der Waals surface area contributed by atoms with Crippen LogP contribution in [-0.2, 0) is 0 Å². The molecule has 0 bridgehead atoms. The molecule has 0 heterocycles. The molecule has 1 rings (SSSR count). The van der Waals surface area contributed by atoms with E-state index in [2.05, 4.69) is 0 Å². The second-order valence-corrected chi connectivity index (χ2v) is 2.88. The Hall–Kier alpha value is -2.46. The zero-order valence-corrected chi connectivity index (χ0v) is 8.19. The van der Waals surface area contributed by atoms with E-state index < -0.39 is 0 Å². The Labute approximate surface area is 87.8 Å². The Bertz CT molecular complexity index is 444. The third kappa shape index (κ3) is 2.75. The molecule has 0 aliphatic rings. The third-order valence-corrected chi connectivity index (χ3v) is 1.72. The predicted octanol–water partition coefficient (Wildman–Crippen LogP) is 1.59. The first kappa shape index (κ1) is 10.6. The molecule has 0 saturated carbocycles. The number of allylic oxidation sites excluding steroid dienone is 1. The minimum absolute atomic E-state index is 0.177. The maximum absolute atomic E-state index is 8.53. The Balaban J connectivity index is 2.89. The lowest BCUT2D eigenvalue weighted by Gasteiger charge is -2.04. The fraction of sp³-hybridized carbons (Fsp3) is 0.0909. The average molecular weight is 199 g/mol. The van der Waals surface area contributed by atoms with Crippen molar-refractivity contribution in [2.75, 3.05) is 0 Å². The summed E-state index contributed by atoms with van der Waals surface area (Å²) in [6, 6.07) is 10.4. The highest BCUT2D eigenvalue weighted by atomic mass is 16.5. The topological polar surface area (TPSA) is 82.8 Å². The van der Waals surface area contributed by atoms with E-state index in [4.69, 9.17) is 21.0 Å². The second-order valence-electron chi connectivity index (χ2n) is 2.88. The molecule has 0 fully saturated rings. The van der Waals surface area contributed by atoms with Crippen molar-refractivity contribution in [1.82, 2.24) is 0 Å². The van der Waals surface area contributed by atoms with Crippen molar-refractivity contribution in [3.63, 3.8) is 0 Å². The Kier molecular flexibility index (Phi) is 3.32. The minimum atomic E-state index is -0.226. The van der Waals surface area contributed by atoms with Crippen molar-refractivity contribution in [1.29, 1.82) is 10.5 Å². The molecule has 4 nitrogen and oxygen atoms in total. The van der Waals surface area contributed by atoms with Gasteiger partial charge in [-0.25, -0.2) is 0 Å². The van der Waals surface area contributed by atoms with Crippen molar-refractivity contribution < 1.29 is 4.74 Å². The smallest absolute Gasteiger partial charge is 0.219 e. The first-order chi connectivity index (χ1) is 7.17. The summed E-state index contributed by atoms with van der Waals surface area (Å²) in [7, 11) is 0. The van der Waals surface area contributed by atoms with Gasteiger partial charge in [-0.1, -0.05) is 17.7 Å². The van der Waals surface area contributed by atoms with Gasteiger partial charge in [0.1, 0.15) is 17.9 Å². The van der Waals surface area contributed by atoms with E-state index in [0.29, 0.717) is 5.75 Å². The lowest BCUT2D eigenvalue weighted by Crippen LogP contribution is -2.08. The largest absolute Gasteiger partial charge is 0.439 e. The summed E-state index contributed by atoms with van der Waals surface area (Å²) in [5.41, 5.74) is 6.28. The van der Waals surface area contributed by atoms with Crippen LogP contribution in [0.2, 0.25) is 0 Å². The fourth-order valence-electron chi connectivity index (χ4n) is 0.920. The molecule has 74 valence electrons. The van der Waals surface area contributed by atoms with E-state index >= 15 is 0 Å². The quantitative estimate of drug-likeness (QED) is 0.579. The molecule has 0 unspecified atom stereocenters. The first-order valence-electron chi connectivity index (χ1n) is 4.22. The molecule has 0 aromatic heterocycles. The highest BCUT2D eigenvalue weighted by molar-refractivity contribution is 5.38. The van der Waals surface area contributed by atoms with Gasteiger partial charge in [0.05, 0.1) is 0 Å². The number of rotatable bonds is 2. The summed E-state index contributed by atoms with van der Waals surface area (Å²) in [4.78, 5) is 0. The monoisotopic (exact) mass is 199 g/mol. The Morgan fingerprint density at radius 2 is 1.73 bits per heavy atom. The number of ether oxygens (including phenoxy) is 1. The van der Waals surface area contributed by atoms with Crippen LogP contribution in [0.4, 0.5) is 0 Å². The van der Waals surface area contributed by atoms with Crippen molar-refractivity contribution in [3.8, 4) is 17.9 Å². The predicted molar refractivity (Wildman–Crippen MR) is 54.2 cm³/mol. The van der Waals surface area contributed by atoms with E-state index in [1.165, 1.54) is 0 Å². The van der Waals surface area contributed by atoms with Crippen LogP contribution < -0.4 is 10.5 Å². The van der Waals surface area contributed by atoms with Gasteiger partial charge in [-0.3, -0.25) is 0 Å². The maximum Gasteiger partial charge on any atom is 0.219 e. The van der Waals surface area contributed by atoms with Gasteiger partial charge in [0.15, 0.2) is 5.57 Å².